The van der Waals surface area contributed by atoms with Crippen LogP contribution in [0.2, 0.25) is 0 Å². The molecule has 1 aliphatic rings. The van der Waals surface area contributed by atoms with Crippen molar-refractivity contribution < 1.29 is 14.3 Å². The van der Waals surface area contributed by atoms with Gasteiger partial charge in [-0.25, -0.2) is 0 Å². The lowest BCUT2D eigenvalue weighted by Gasteiger charge is -2.15. The van der Waals surface area contributed by atoms with Crippen LogP contribution in [0.5, 0.6) is 0 Å². The Labute approximate surface area is 106 Å². The summed E-state index contributed by atoms with van der Waals surface area (Å²) in [5.41, 5.74) is 1.14. The molecule has 0 aromatic carbocycles. The van der Waals surface area contributed by atoms with Crippen molar-refractivity contribution in [3.63, 3.8) is 0 Å². The van der Waals surface area contributed by atoms with E-state index in [1.807, 2.05) is 12.1 Å². The summed E-state index contributed by atoms with van der Waals surface area (Å²) in [5.74, 6) is -0.575. The van der Waals surface area contributed by atoms with Gasteiger partial charge in [0, 0.05) is 31.9 Å². The molecule has 5 nitrogen and oxygen atoms in total. The molecule has 0 N–H and O–H groups in total. The van der Waals surface area contributed by atoms with Gasteiger partial charge < -0.3 is 9.64 Å². The Bertz CT molecular complexity index is 433. The van der Waals surface area contributed by atoms with Gasteiger partial charge in [-0.3, -0.25) is 14.6 Å². The van der Waals surface area contributed by atoms with Crippen molar-refractivity contribution in [2.24, 2.45) is 5.92 Å². The predicted octanol–water partition coefficient (Wildman–Crippen LogP) is 0.646. The highest BCUT2D eigenvalue weighted by Gasteiger charge is 2.34. The zero-order valence-corrected chi connectivity index (χ0v) is 10.3. The van der Waals surface area contributed by atoms with Gasteiger partial charge in [0.15, 0.2) is 0 Å². The second-order valence-corrected chi connectivity index (χ2v) is 4.37. The fourth-order valence-electron chi connectivity index (χ4n) is 2.13. The lowest BCUT2D eigenvalue weighted by molar-refractivity contribution is -0.145. The van der Waals surface area contributed by atoms with Crippen molar-refractivity contribution in [2.75, 3.05) is 20.2 Å². The maximum Gasteiger partial charge on any atom is 0.310 e. The number of carbonyl (C=O) groups is 2. The second-order valence-electron chi connectivity index (χ2n) is 4.37. The topological polar surface area (TPSA) is 59.5 Å². The second kappa shape index (κ2) is 5.62. The molecule has 1 aromatic rings. The molecule has 1 aromatic heterocycles. The van der Waals surface area contributed by atoms with Crippen molar-refractivity contribution >= 4 is 11.9 Å². The number of nitrogens with zero attached hydrogens (tertiary/aromatic N) is 2. The molecule has 0 bridgehead atoms. The van der Waals surface area contributed by atoms with Crippen LogP contribution in [0, 0.1) is 5.92 Å². The molecule has 1 aliphatic heterocycles. The smallest absolute Gasteiger partial charge is 0.310 e. The van der Waals surface area contributed by atoms with Crippen molar-refractivity contribution in [3.05, 3.63) is 30.1 Å². The fourth-order valence-corrected chi connectivity index (χ4v) is 2.13. The van der Waals surface area contributed by atoms with Gasteiger partial charge in [-0.15, -0.1) is 0 Å². The van der Waals surface area contributed by atoms with Crippen LogP contribution in [-0.4, -0.2) is 42.0 Å². The van der Waals surface area contributed by atoms with Gasteiger partial charge in [0.25, 0.3) is 0 Å². The number of amides is 1. The highest BCUT2D eigenvalue weighted by Crippen LogP contribution is 2.19. The minimum Gasteiger partial charge on any atom is -0.469 e. The molecule has 1 amide bonds. The number of carbonyl (C=O) groups excluding carboxylic acids is 2. The summed E-state index contributed by atoms with van der Waals surface area (Å²) >= 11 is 0. The van der Waals surface area contributed by atoms with Gasteiger partial charge >= 0.3 is 5.97 Å². The van der Waals surface area contributed by atoms with Crippen LogP contribution in [0.15, 0.2) is 24.5 Å². The minimum absolute atomic E-state index is 0.0273. The van der Waals surface area contributed by atoms with E-state index in [-0.39, 0.29) is 24.2 Å². The maximum absolute atomic E-state index is 11.7. The van der Waals surface area contributed by atoms with Crippen LogP contribution in [0.4, 0.5) is 0 Å². The molecule has 0 radical (unpaired) electrons. The highest BCUT2D eigenvalue weighted by molar-refractivity contribution is 5.86. The van der Waals surface area contributed by atoms with E-state index >= 15 is 0 Å². The van der Waals surface area contributed by atoms with Gasteiger partial charge in [0.2, 0.25) is 5.91 Å². The van der Waals surface area contributed by atoms with E-state index in [4.69, 9.17) is 0 Å². The minimum atomic E-state index is -0.306. The molecule has 1 saturated heterocycles. The maximum atomic E-state index is 11.7. The van der Waals surface area contributed by atoms with E-state index in [1.165, 1.54) is 7.11 Å². The number of aromatic nitrogens is 1. The number of methoxy groups -OCH3 is 1. The molecule has 1 fully saturated rings. The Morgan fingerprint density at radius 3 is 2.89 bits per heavy atom. The van der Waals surface area contributed by atoms with Crippen LogP contribution in [-0.2, 0) is 20.7 Å². The van der Waals surface area contributed by atoms with Gasteiger partial charge in [-0.2, -0.15) is 0 Å². The van der Waals surface area contributed by atoms with E-state index in [0.29, 0.717) is 13.1 Å². The summed E-state index contributed by atoms with van der Waals surface area (Å²) in [6, 6.07) is 3.86. The number of hydrogen-bond acceptors (Lipinski definition) is 4. The molecule has 1 unspecified atom stereocenters. The molecule has 0 saturated carbocycles. The molecular formula is C13H16N2O3. The molecule has 96 valence electrons. The summed E-state index contributed by atoms with van der Waals surface area (Å²) in [6.07, 6.45) is 4.52. The van der Waals surface area contributed by atoms with Gasteiger partial charge in [-0.1, -0.05) is 0 Å². The van der Waals surface area contributed by atoms with Crippen LogP contribution in [0.1, 0.15) is 12.0 Å². The standard InChI is InChI=1S/C13H16N2O3/c1-18-13(17)11-8-12(16)15(9-11)7-4-10-2-5-14-6-3-10/h2-3,5-6,11H,4,7-9H2,1H3. The average Bonchev–Trinajstić information content (AvgIpc) is 2.78. The average molecular weight is 248 g/mol. The van der Waals surface area contributed by atoms with E-state index in [2.05, 4.69) is 9.72 Å². The summed E-state index contributed by atoms with van der Waals surface area (Å²) in [7, 11) is 1.35. The number of hydrogen-bond donors (Lipinski definition) is 0. The van der Waals surface area contributed by atoms with E-state index in [9.17, 15) is 9.59 Å². The Morgan fingerprint density at radius 2 is 2.22 bits per heavy atom. The summed E-state index contributed by atoms with van der Waals surface area (Å²) in [5, 5.41) is 0. The quantitative estimate of drug-likeness (QED) is 0.734. The third-order valence-corrected chi connectivity index (χ3v) is 3.17. The summed E-state index contributed by atoms with van der Waals surface area (Å²) < 4.78 is 4.67. The molecule has 1 atom stereocenters. The molecule has 5 heteroatoms. The predicted molar refractivity (Wildman–Crippen MR) is 64.6 cm³/mol. The van der Waals surface area contributed by atoms with E-state index < -0.39 is 0 Å². The van der Waals surface area contributed by atoms with Crippen molar-refractivity contribution in [3.8, 4) is 0 Å². The highest BCUT2D eigenvalue weighted by atomic mass is 16.5. The third kappa shape index (κ3) is 2.85. The third-order valence-electron chi connectivity index (χ3n) is 3.17. The number of pyridine rings is 1. The lowest BCUT2D eigenvalue weighted by atomic mass is 10.1. The van der Waals surface area contributed by atoms with Crippen LogP contribution >= 0.6 is 0 Å². The Kier molecular flexibility index (Phi) is 3.92. The number of esters is 1. The van der Waals surface area contributed by atoms with Crippen molar-refractivity contribution in [2.45, 2.75) is 12.8 Å². The van der Waals surface area contributed by atoms with E-state index in [0.717, 1.165) is 12.0 Å². The first kappa shape index (κ1) is 12.5. The SMILES string of the molecule is COC(=O)C1CC(=O)N(CCc2ccncc2)C1. The van der Waals surface area contributed by atoms with Gasteiger partial charge in [0.05, 0.1) is 13.0 Å². The summed E-state index contributed by atoms with van der Waals surface area (Å²) in [4.78, 5) is 28.8. The fraction of sp³-hybridized carbons (Fsp3) is 0.462. The van der Waals surface area contributed by atoms with Crippen LogP contribution in [0.3, 0.4) is 0 Å². The normalized spacial score (nSPS) is 19.1. The van der Waals surface area contributed by atoms with Crippen molar-refractivity contribution in [1.82, 2.24) is 9.88 Å². The number of ether oxygens (including phenoxy) is 1. The zero-order valence-electron chi connectivity index (χ0n) is 10.3. The zero-order chi connectivity index (χ0) is 13.0. The van der Waals surface area contributed by atoms with Crippen molar-refractivity contribution in [1.29, 1.82) is 0 Å². The largest absolute Gasteiger partial charge is 0.469 e. The lowest BCUT2D eigenvalue weighted by Crippen LogP contribution is -2.28. The number of rotatable bonds is 4. The first-order valence-electron chi connectivity index (χ1n) is 5.95. The molecular weight excluding hydrogens is 232 g/mol. The van der Waals surface area contributed by atoms with E-state index in [1.54, 1.807) is 17.3 Å². The van der Waals surface area contributed by atoms with Crippen LogP contribution < -0.4 is 0 Å². The first-order chi connectivity index (χ1) is 8.70. The van der Waals surface area contributed by atoms with Gasteiger partial charge in [0.1, 0.15) is 0 Å². The Morgan fingerprint density at radius 1 is 1.50 bits per heavy atom. The Balaban J connectivity index is 1.87. The molecule has 2 rings (SSSR count). The Hall–Kier alpha value is -1.91. The molecule has 2 heterocycles. The summed E-state index contributed by atoms with van der Waals surface area (Å²) in [6.45, 7) is 1.10. The molecule has 18 heavy (non-hydrogen) atoms. The molecule has 0 aliphatic carbocycles. The monoisotopic (exact) mass is 248 g/mol. The van der Waals surface area contributed by atoms with Crippen LogP contribution in [0.25, 0.3) is 0 Å². The molecule has 0 spiro atoms. The first-order valence-corrected chi connectivity index (χ1v) is 5.95. The number of likely N-dealkylation sites (tertiary alicyclic amines) is 1. The van der Waals surface area contributed by atoms with Gasteiger partial charge in [-0.05, 0) is 24.1 Å².